The molecule has 0 fully saturated rings. The van der Waals surface area contributed by atoms with Crippen molar-refractivity contribution in [1.29, 1.82) is 0 Å². The molecule has 0 unspecified atom stereocenters. The smallest absolute Gasteiger partial charge is 0.164 e. The molecule has 0 radical (unpaired) electrons. The topological polar surface area (TPSA) is 55.6 Å². The molecule has 0 bridgehead atoms. The van der Waals surface area contributed by atoms with Gasteiger partial charge in [0, 0.05) is 18.5 Å². The fourth-order valence-electron chi connectivity index (χ4n) is 2.46. The molecule has 1 aliphatic heterocycles. The minimum atomic E-state index is -0.203. The molecule has 4 heteroatoms. The monoisotopic (exact) mass is 262 g/mol. The standard InChI is InChI=1S/C15H22N2O2/c1-4-17-10-15(2,3)19-14-6-5-11(9-12(14)17)13(18)7-8-16/h5-6,9H,4,7-8,10,16H2,1-3H3. The van der Waals surface area contributed by atoms with Gasteiger partial charge in [0.1, 0.15) is 11.4 Å². The van der Waals surface area contributed by atoms with Crippen molar-refractivity contribution in [2.24, 2.45) is 5.73 Å². The number of nitrogens with zero attached hydrogens (tertiary/aromatic N) is 1. The van der Waals surface area contributed by atoms with Crippen LogP contribution in [0.25, 0.3) is 0 Å². The van der Waals surface area contributed by atoms with E-state index in [4.69, 9.17) is 10.5 Å². The first-order chi connectivity index (χ1) is 8.96. The van der Waals surface area contributed by atoms with Crippen LogP contribution in [0.1, 0.15) is 37.6 Å². The molecule has 104 valence electrons. The summed E-state index contributed by atoms with van der Waals surface area (Å²) in [6.45, 7) is 8.37. The molecule has 1 aromatic carbocycles. The molecule has 0 atom stereocenters. The number of fused-ring (bicyclic) bond motifs is 1. The summed E-state index contributed by atoms with van der Waals surface area (Å²) in [5.41, 5.74) is 6.95. The van der Waals surface area contributed by atoms with Gasteiger partial charge in [0.25, 0.3) is 0 Å². The van der Waals surface area contributed by atoms with Crippen LogP contribution in [0, 0.1) is 0 Å². The predicted molar refractivity (Wildman–Crippen MR) is 77.0 cm³/mol. The number of carbonyl (C=O) groups excluding carboxylic acids is 1. The van der Waals surface area contributed by atoms with Gasteiger partial charge in [0.15, 0.2) is 5.78 Å². The number of ether oxygens (including phenoxy) is 1. The van der Waals surface area contributed by atoms with E-state index in [1.54, 1.807) is 0 Å². The first kappa shape index (κ1) is 13.9. The second-order valence-corrected chi connectivity index (χ2v) is 5.52. The lowest BCUT2D eigenvalue weighted by Crippen LogP contribution is -2.46. The molecule has 1 aliphatic rings. The number of anilines is 1. The van der Waals surface area contributed by atoms with Crippen LogP contribution in [0.15, 0.2) is 18.2 Å². The van der Waals surface area contributed by atoms with Crippen LogP contribution in [0.2, 0.25) is 0 Å². The number of hydrogen-bond acceptors (Lipinski definition) is 4. The Balaban J connectivity index is 2.36. The molecule has 19 heavy (non-hydrogen) atoms. The van der Waals surface area contributed by atoms with E-state index < -0.39 is 0 Å². The van der Waals surface area contributed by atoms with Crippen molar-refractivity contribution >= 4 is 11.5 Å². The normalized spacial score (nSPS) is 16.7. The zero-order valence-corrected chi connectivity index (χ0v) is 11.9. The highest BCUT2D eigenvalue weighted by atomic mass is 16.5. The van der Waals surface area contributed by atoms with Gasteiger partial charge < -0.3 is 15.4 Å². The quantitative estimate of drug-likeness (QED) is 0.845. The third-order valence-corrected chi connectivity index (χ3v) is 3.33. The highest BCUT2D eigenvalue weighted by molar-refractivity contribution is 5.97. The molecule has 1 aromatic rings. The molecule has 0 aliphatic carbocycles. The molecule has 0 spiro atoms. The largest absolute Gasteiger partial charge is 0.484 e. The van der Waals surface area contributed by atoms with E-state index in [1.165, 1.54) is 0 Å². The van der Waals surface area contributed by atoms with Gasteiger partial charge in [-0.2, -0.15) is 0 Å². The fraction of sp³-hybridized carbons (Fsp3) is 0.533. The Morgan fingerprint density at radius 3 is 2.84 bits per heavy atom. The Bertz CT molecular complexity index is 483. The Morgan fingerprint density at radius 1 is 1.47 bits per heavy atom. The first-order valence-electron chi connectivity index (χ1n) is 6.78. The van der Waals surface area contributed by atoms with E-state index in [0.717, 1.165) is 24.5 Å². The molecule has 0 amide bonds. The summed E-state index contributed by atoms with van der Waals surface area (Å²) in [5, 5.41) is 0. The maximum absolute atomic E-state index is 11.9. The van der Waals surface area contributed by atoms with Gasteiger partial charge in [-0.1, -0.05) is 0 Å². The second kappa shape index (κ2) is 5.21. The molecule has 0 saturated carbocycles. The van der Waals surface area contributed by atoms with Crippen molar-refractivity contribution in [3.05, 3.63) is 23.8 Å². The Kier molecular flexibility index (Phi) is 3.80. The number of carbonyl (C=O) groups is 1. The van der Waals surface area contributed by atoms with E-state index in [-0.39, 0.29) is 11.4 Å². The predicted octanol–water partition coefficient (Wildman–Crippen LogP) is 2.22. The highest BCUT2D eigenvalue weighted by Crippen LogP contribution is 2.37. The van der Waals surface area contributed by atoms with Crippen LogP contribution < -0.4 is 15.4 Å². The third-order valence-electron chi connectivity index (χ3n) is 3.33. The fourth-order valence-corrected chi connectivity index (χ4v) is 2.46. The van der Waals surface area contributed by atoms with Crippen LogP contribution in [0.5, 0.6) is 5.75 Å². The van der Waals surface area contributed by atoms with E-state index in [0.29, 0.717) is 18.5 Å². The molecule has 0 aromatic heterocycles. The molecule has 2 N–H and O–H groups in total. The van der Waals surface area contributed by atoms with Gasteiger partial charge >= 0.3 is 0 Å². The van der Waals surface area contributed by atoms with Crippen LogP contribution >= 0.6 is 0 Å². The molecule has 0 saturated heterocycles. The SMILES string of the molecule is CCN1CC(C)(C)Oc2ccc(C(=O)CCN)cc21. The molecular formula is C15H22N2O2. The highest BCUT2D eigenvalue weighted by Gasteiger charge is 2.31. The summed E-state index contributed by atoms with van der Waals surface area (Å²) in [7, 11) is 0. The molecule has 2 rings (SSSR count). The van der Waals surface area contributed by atoms with Crippen LogP contribution in [-0.4, -0.2) is 31.0 Å². The Hall–Kier alpha value is -1.55. The van der Waals surface area contributed by atoms with Crippen molar-refractivity contribution in [3.63, 3.8) is 0 Å². The minimum absolute atomic E-state index is 0.0891. The number of ketones is 1. The molecular weight excluding hydrogens is 240 g/mol. The average molecular weight is 262 g/mol. The lowest BCUT2D eigenvalue weighted by molar-refractivity contribution is 0.0984. The van der Waals surface area contributed by atoms with Gasteiger partial charge in [-0.15, -0.1) is 0 Å². The van der Waals surface area contributed by atoms with Crippen LogP contribution in [0.4, 0.5) is 5.69 Å². The van der Waals surface area contributed by atoms with Crippen molar-refractivity contribution in [2.75, 3.05) is 24.5 Å². The van der Waals surface area contributed by atoms with Crippen molar-refractivity contribution in [2.45, 2.75) is 32.8 Å². The Labute approximate surface area is 114 Å². The summed E-state index contributed by atoms with van der Waals surface area (Å²) in [6, 6.07) is 5.64. The maximum atomic E-state index is 11.9. The minimum Gasteiger partial charge on any atom is -0.484 e. The lowest BCUT2D eigenvalue weighted by Gasteiger charge is -2.40. The number of hydrogen-bond donors (Lipinski definition) is 1. The molecule has 1 heterocycles. The maximum Gasteiger partial charge on any atom is 0.164 e. The van der Waals surface area contributed by atoms with Crippen molar-refractivity contribution in [1.82, 2.24) is 0 Å². The zero-order chi connectivity index (χ0) is 14.0. The van der Waals surface area contributed by atoms with E-state index in [9.17, 15) is 4.79 Å². The van der Waals surface area contributed by atoms with Crippen LogP contribution in [-0.2, 0) is 0 Å². The summed E-state index contributed by atoms with van der Waals surface area (Å²) >= 11 is 0. The van der Waals surface area contributed by atoms with Gasteiger partial charge in [-0.3, -0.25) is 4.79 Å². The summed E-state index contributed by atoms with van der Waals surface area (Å²) < 4.78 is 5.97. The van der Waals surface area contributed by atoms with Gasteiger partial charge in [0.2, 0.25) is 0 Å². The number of rotatable bonds is 4. The first-order valence-corrected chi connectivity index (χ1v) is 6.78. The summed E-state index contributed by atoms with van der Waals surface area (Å²) in [4.78, 5) is 14.2. The average Bonchev–Trinajstić information content (AvgIpc) is 2.36. The van der Waals surface area contributed by atoms with E-state index in [1.807, 2.05) is 18.2 Å². The van der Waals surface area contributed by atoms with Gasteiger partial charge in [-0.25, -0.2) is 0 Å². The van der Waals surface area contributed by atoms with Crippen molar-refractivity contribution < 1.29 is 9.53 Å². The zero-order valence-electron chi connectivity index (χ0n) is 11.9. The summed E-state index contributed by atoms with van der Waals surface area (Å²) in [5.74, 6) is 0.939. The number of benzene rings is 1. The third kappa shape index (κ3) is 2.89. The summed E-state index contributed by atoms with van der Waals surface area (Å²) in [6.07, 6.45) is 0.386. The Morgan fingerprint density at radius 2 is 2.21 bits per heavy atom. The number of nitrogens with two attached hydrogens (primary N) is 1. The van der Waals surface area contributed by atoms with Gasteiger partial charge in [0.05, 0.1) is 12.2 Å². The molecule has 4 nitrogen and oxygen atoms in total. The van der Waals surface area contributed by atoms with E-state index >= 15 is 0 Å². The van der Waals surface area contributed by atoms with E-state index in [2.05, 4.69) is 25.7 Å². The van der Waals surface area contributed by atoms with Gasteiger partial charge in [-0.05, 0) is 45.5 Å². The number of Topliss-reactive ketones (excluding diaryl/α,β-unsaturated/α-hetero) is 1. The second-order valence-electron chi connectivity index (χ2n) is 5.52. The van der Waals surface area contributed by atoms with Crippen molar-refractivity contribution in [3.8, 4) is 5.75 Å². The van der Waals surface area contributed by atoms with Crippen LogP contribution in [0.3, 0.4) is 0 Å². The number of likely N-dealkylation sites (N-methyl/N-ethyl adjacent to an activating group) is 1. The lowest BCUT2D eigenvalue weighted by atomic mass is 10.0.